The van der Waals surface area contributed by atoms with Crippen LogP contribution in [0.3, 0.4) is 0 Å². The molecule has 1 aromatic rings. The molecule has 1 atom stereocenters. The van der Waals surface area contributed by atoms with Crippen LogP contribution in [0.25, 0.3) is 0 Å². The van der Waals surface area contributed by atoms with Gasteiger partial charge in [0.05, 0.1) is 12.5 Å². The summed E-state index contributed by atoms with van der Waals surface area (Å²) >= 11 is 1.03. The molecule has 3 N–H and O–H groups in total. The van der Waals surface area contributed by atoms with Gasteiger partial charge in [0.25, 0.3) is 0 Å². The summed E-state index contributed by atoms with van der Waals surface area (Å²) < 4.78 is 0. The number of hydrogen-bond acceptors (Lipinski definition) is 4. The maximum atomic E-state index is 11.6. The zero-order chi connectivity index (χ0) is 13.7. The number of amides is 2. The first-order valence-electron chi connectivity index (χ1n) is 5.28. The maximum Gasteiger partial charge on any atom is 0.317 e. The maximum absolute atomic E-state index is 11.6. The number of rotatable bonds is 5. The van der Waals surface area contributed by atoms with E-state index in [2.05, 4.69) is 10.3 Å². The van der Waals surface area contributed by atoms with Crippen molar-refractivity contribution < 1.29 is 14.7 Å². The molecule has 0 aliphatic heterocycles. The van der Waals surface area contributed by atoms with Crippen LogP contribution < -0.4 is 10.2 Å². The van der Waals surface area contributed by atoms with Gasteiger partial charge in [0.2, 0.25) is 0 Å². The molecule has 0 radical (unpaired) electrons. The van der Waals surface area contributed by atoms with Crippen molar-refractivity contribution in [3.63, 3.8) is 0 Å². The van der Waals surface area contributed by atoms with Gasteiger partial charge in [0.15, 0.2) is 0 Å². The Labute approximate surface area is 107 Å². The van der Waals surface area contributed by atoms with Gasteiger partial charge >= 0.3 is 16.9 Å². The highest BCUT2D eigenvalue weighted by Gasteiger charge is 2.17. The molecule has 0 aromatic carbocycles. The summed E-state index contributed by atoms with van der Waals surface area (Å²) in [5.74, 6) is -1.57. The number of aliphatic carboxylic acids is 1. The van der Waals surface area contributed by atoms with E-state index in [1.54, 1.807) is 5.38 Å². The van der Waals surface area contributed by atoms with Crippen molar-refractivity contribution in [2.45, 2.75) is 13.5 Å². The van der Waals surface area contributed by atoms with Crippen LogP contribution in [0.5, 0.6) is 0 Å². The summed E-state index contributed by atoms with van der Waals surface area (Å²) in [5.41, 5.74) is 0.623. The average molecular weight is 273 g/mol. The Bertz CT molecular complexity index is 481. The second-order valence-electron chi connectivity index (χ2n) is 3.95. The minimum absolute atomic E-state index is 0.126. The van der Waals surface area contributed by atoms with Gasteiger partial charge in [-0.15, -0.1) is 0 Å². The Morgan fingerprint density at radius 1 is 1.61 bits per heavy atom. The van der Waals surface area contributed by atoms with Gasteiger partial charge in [-0.3, -0.25) is 9.59 Å². The third-order valence-corrected chi connectivity index (χ3v) is 3.04. The molecule has 0 spiro atoms. The van der Waals surface area contributed by atoms with Gasteiger partial charge in [0, 0.05) is 24.7 Å². The van der Waals surface area contributed by atoms with Crippen LogP contribution in [0, 0.1) is 5.92 Å². The Balaban J connectivity index is 2.40. The first-order valence-corrected chi connectivity index (χ1v) is 6.16. The molecule has 1 rings (SSSR count). The molecule has 0 saturated carbocycles. The molecule has 100 valence electrons. The first kappa shape index (κ1) is 14.2. The minimum atomic E-state index is -0.947. The highest BCUT2D eigenvalue weighted by Crippen LogP contribution is 1.99. The number of aromatic nitrogens is 1. The topological polar surface area (TPSA) is 103 Å². The molecule has 7 nitrogen and oxygen atoms in total. The minimum Gasteiger partial charge on any atom is -0.481 e. The molecule has 1 heterocycles. The largest absolute Gasteiger partial charge is 0.481 e. The number of nitrogens with one attached hydrogen (secondary N) is 2. The van der Waals surface area contributed by atoms with E-state index in [1.807, 2.05) is 0 Å². The number of carboxylic acids is 1. The Morgan fingerprint density at radius 2 is 2.28 bits per heavy atom. The number of urea groups is 1. The number of H-pyrrole nitrogens is 1. The molecule has 0 fully saturated rings. The number of hydrogen-bond donors (Lipinski definition) is 3. The summed E-state index contributed by atoms with van der Waals surface area (Å²) in [6, 6.07) is -0.379. The molecular weight excluding hydrogens is 258 g/mol. The molecule has 0 aliphatic rings. The van der Waals surface area contributed by atoms with Crippen LogP contribution in [-0.2, 0) is 11.3 Å². The molecule has 18 heavy (non-hydrogen) atoms. The third-order valence-electron chi connectivity index (χ3n) is 2.32. The molecule has 8 heteroatoms. The number of aromatic amines is 1. The van der Waals surface area contributed by atoms with Crippen LogP contribution >= 0.6 is 11.3 Å². The average Bonchev–Trinajstić information content (AvgIpc) is 2.71. The summed E-state index contributed by atoms with van der Waals surface area (Å²) in [4.78, 5) is 36.8. The van der Waals surface area contributed by atoms with Crippen LogP contribution in [0.15, 0.2) is 10.2 Å². The summed E-state index contributed by atoms with van der Waals surface area (Å²) in [6.07, 6.45) is 0. The molecule has 0 aliphatic carbocycles. The van der Waals surface area contributed by atoms with E-state index < -0.39 is 11.9 Å². The van der Waals surface area contributed by atoms with Crippen molar-refractivity contribution in [3.05, 3.63) is 20.7 Å². The van der Waals surface area contributed by atoms with Crippen LogP contribution in [0.2, 0.25) is 0 Å². The fraction of sp³-hybridized carbons (Fsp3) is 0.500. The predicted octanol–water partition coefficient (Wildman–Crippen LogP) is 0.298. The van der Waals surface area contributed by atoms with Crippen molar-refractivity contribution >= 4 is 23.3 Å². The molecule has 1 aromatic heterocycles. The Hall–Kier alpha value is -1.83. The molecule has 2 amide bonds. The van der Waals surface area contributed by atoms with Crippen molar-refractivity contribution in [2.75, 3.05) is 13.6 Å². The van der Waals surface area contributed by atoms with Gasteiger partial charge in [-0.05, 0) is 0 Å². The lowest BCUT2D eigenvalue weighted by molar-refractivity contribution is -0.141. The number of nitrogens with zero attached hydrogens (tertiary/aromatic N) is 1. The molecule has 1 unspecified atom stereocenters. The predicted molar refractivity (Wildman–Crippen MR) is 66.6 cm³/mol. The SMILES string of the molecule is CC(CN(C)C(=O)NCc1csc(=O)[nH]1)C(=O)O. The van der Waals surface area contributed by atoms with Gasteiger partial charge < -0.3 is 20.3 Å². The second kappa shape index (κ2) is 6.20. The van der Waals surface area contributed by atoms with Crippen molar-refractivity contribution in [3.8, 4) is 0 Å². The van der Waals surface area contributed by atoms with Gasteiger partial charge in [-0.1, -0.05) is 18.3 Å². The lowest BCUT2D eigenvalue weighted by atomic mass is 10.2. The van der Waals surface area contributed by atoms with Crippen LogP contribution in [0.4, 0.5) is 4.79 Å². The smallest absolute Gasteiger partial charge is 0.317 e. The number of thiazole rings is 1. The third kappa shape index (κ3) is 4.21. The quantitative estimate of drug-likeness (QED) is 0.718. The zero-order valence-corrected chi connectivity index (χ0v) is 10.9. The molecule has 0 saturated heterocycles. The lowest BCUT2D eigenvalue weighted by Crippen LogP contribution is -2.40. The lowest BCUT2D eigenvalue weighted by Gasteiger charge is -2.19. The fourth-order valence-electron chi connectivity index (χ4n) is 1.28. The van der Waals surface area contributed by atoms with Gasteiger partial charge in [-0.25, -0.2) is 4.79 Å². The number of carbonyl (C=O) groups excluding carboxylic acids is 1. The van der Waals surface area contributed by atoms with E-state index in [0.29, 0.717) is 5.69 Å². The Morgan fingerprint density at radius 3 is 2.78 bits per heavy atom. The van der Waals surface area contributed by atoms with Crippen molar-refractivity contribution in [1.29, 1.82) is 0 Å². The normalized spacial score (nSPS) is 11.9. The summed E-state index contributed by atoms with van der Waals surface area (Å²) in [6.45, 7) is 1.87. The van der Waals surface area contributed by atoms with Crippen molar-refractivity contribution in [2.24, 2.45) is 5.92 Å². The highest BCUT2D eigenvalue weighted by molar-refractivity contribution is 7.07. The number of carboxylic acid groups (broad SMARTS) is 1. The second-order valence-corrected chi connectivity index (χ2v) is 4.79. The van der Waals surface area contributed by atoms with E-state index in [9.17, 15) is 14.4 Å². The van der Waals surface area contributed by atoms with Crippen LogP contribution in [0.1, 0.15) is 12.6 Å². The van der Waals surface area contributed by atoms with E-state index in [-0.39, 0.29) is 24.0 Å². The Kier molecular flexibility index (Phi) is 4.90. The first-order chi connectivity index (χ1) is 8.40. The monoisotopic (exact) mass is 273 g/mol. The highest BCUT2D eigenvalue weighted by atomic mass is 32.1. The fourth-order valence-corrected chi connectivity index (χ4v) is 1.86. The van der Waals surface area contributed by atoms with E-state index >= 15 is 0 Å². The van der Waals surface area contributed by atoms with Crippen molar-refractivity contribution in [1.82, 2.24) is 15.2 Å². The molecular formula is C10H15N3O4S. The van der Waals surface area contributed by atoms with E-state index in [4.69, 9.17) is 5.11 Å². The van der Waals surface area contributed by atoms with E-state index in [1.165, 1.54) is 18.9 Å². The molecule has 0 bridgehead atoms. The summed E-state index contributed by atoms with van der Waals surface area (Å²) in [7, 11) is 1.52. The van der Waals surface area contributed by atoms with Crippen LogP contribution in [-0.4, -0.2) is 40.6 Å². The number of carbonyl (C=O) groups is 2. The zero-order valence-electron chi connectivity index (χ0n) is 10.1. The standard InChI is InChI=1S/C10H15N3O4S/c1-6(8(14)15)4-13(2)9(16)11-3-7-5-18-10(17)12-7/h5-6H,3-4H2,1-2H3,(H,11,16)(H,12,17)(H,14,15). The summed E-state index contributed by atoms with van der Waals surface area (Å²) in [5, 5.41) is 12.9. The van der Waals surface area contributed by atoms with E-state index in [0.717, 1.165) is 11.3 Å². The van der Waals surface area contributed by atoms with Gasteiger partial charge in [-0.2, -0.15) is 0 Å². The van der Waals surface area contributed by atoms with Gasteiger partial charge in [0.1, 0.15) is 0 Å².